The summed E-state index contributed by atoms with van der Waals surface area (Å²) >= 11 is 0. The SMILES string of the molecule is CCNC(=NCc1ccc(OC)c(C(=O)OC)c1)NC1CCCC1.I. The number of nitrogens with one attached hydrogen (secondary N) is 2. The lowest BCUT2D eigenvalue weighted by atomic mass is 10.1. The number of nitrogens with zero attached hydrogens (tertiary/aromatic N) is 1. The lowest BCUT2D eigenvalue weighted by Crippen LogP contribution is -2.42. The molecular formula is C18H28IN3O3. The quantitative estimate of drug-likeness (QED) is 0.295. The zero-order valence-corrected chi connectivity index (χ0v) is 17.5. The van der Waals surface area contributed by atoms with Gasteiger partial charge in [-0.2, -0.15) is 0 Å². The highest BCUT2D eigenvalue weighted by Gasteiger charge is 2.16. The van der Waals surface area contributed by atoms with Gasteiger partial charge in [-0.25, -0.2) is 9.79 Å². The molecule has 0 aromatic heterocycles. The van der Waals surface area contributed by atoms with Gasteiger partial charge in [0.15, 0.2) is 5.96 Å². The van der Waals surface area contributed by atoms with Crippen LogP contribution >= 0.6 is 24.0 Å². The number of hydrogen-bond acceptors (Lipinski definition) is 4. The first-order valence-corrected chi connectivity index (χ1v) is 8.48. The van der Waals surface area contributed by atoms with Crippen LogP contribution in [0.15, 0.2) is 23.2 Å². The monoisotopic (exact) mass is 461 g/mol. The van der Waals surface area contributed by atoms with Crippen LogP contribution in [0, 0.1) is 0 Å². The van der Waals surface area contributed by atoms with Gasteiger partial charge in [-0.05, 0) is 37.5 Å². The molecule has 0 aliphatic heterocycles. The van der Waals surface area contributed by atoms with Gasteiger partial charge in [0.1, 0.15) is 11.3 Å². The molecule has 0 atom stereocenters. The standard InChI is InChI=1S/C18H27N3O3.HI/c1-4-19-18(21-14-7-5-6-8-14)20-12-13-9-10-16(23-2)15(11-13)17(22)24-3;/h9-11,14H,4-8,12H2,1-3H3,(H2,19,20,21);1H. The molecule has 0 spiro atoms. The Morgan fingerprint density at radius 2 is 2.00 bits per heavy atom. The van der Waals surface area contributed by atoms with E-state index in [0.29, 0.717) is 23.9 Å². The normalized spacial score (nSPS) is 14.6. The highest BCUT2D eigenvalue weighted by Crippen LogP contribution is 2.21. The summed E-state index contributed by atoms with van der Waals surface area (Å²) < 4.78 is 10.0. The third-order valence-electron chi connectivity index (χ3n) is 4.13. The third-order valence-corrected chi connectivity index (χ3v) is 4.13. The fourth-order valence-electron chi connectivity index (χ4n) is 2.88. The molecule has 1 aromatic carbocycles. The zero-order chi connectivity index (χ0) is 17.4. The van der Waals surface area contributed by atoms with Crippen molar-refractivity contribution in [3.8, 4) is 5.75 Å². The Labute approximate surface area is 166 Å². The van der Waals surface area contributed by atoms with E-state index in [1.54, 1.807) is 12.1 Å². The molecule has 0 heterocycles. The molecule has 2 rings (SSSR count). The van der Waals surface area contributed by atoms with E-state index in [1.807, 2.05) is 6.07 Å². The van der Waals surface area contributed by atoms with Gasteiger partial charge in [-0.3, -0.25) is 0 Å². The van der Waals surface area contributed by atoms with Crippen molar-refractivity contribution in [2.75, 3.05) is 20.8 Å². The topological polar surface area (TPSA) is 72.0 Å². The van der Waals surface area contributed by atoms with Crippen LogP contribution in [0.5, 0.6) is 5.75 Å². The number of guanidine groups is 1. The average Bonchev–Trinajstić information content (AvgIpc) is 3.12. The summed E-state index contributed by atoms with van der Waals surface area (Å²) in [5.41, 5.74) is 1.35. The largest absolute Gasteiger partial charge is 0.496 e. The second-order valence-electron chi connectivity index (χ2n) is 5.85. The number of methoxy groups -OCH3 is 2. The number of halogens is 1. The van der Waals surface area contributed by atoms with Crippen molar-refractivity contribution in [1.29, 1.82) is 0 Å². The Balaban J connectivity index is 0.00000312. The van der Waals surface area contributed by atoms with Crippen molar-refractivity contribution >= 4 is 35.9 Å². The molecule has 0 amide bonds. The number of aliphatic imine (C=N–C) groups is 1. The molecule has 6 nitrogen and oxygen atoms in total. The maximum Gasteiger partial charge on any atom is 0.341 e. The van der Waals surface area contributed by atoms with Crippen molar-refractivity contribution < 1.29 is 14.3 Å². The van der Waals surface area contributed by atoms with E-state index in [2.05, 4.69) is 22.5 Å². The number of carbonyl (C=O) groups excluding carboxylic acids is 1. The second-order valence-corrected chi connectivity index (χ2v) is 5.85. The number of benzene rings is 1. The first kappa shape index (κ1) is 21.5. The summed E-state index contributed by atoms with van der Waals surface area (Å²) in [4.78, 5) is 16.5. The molecule has 0 unspecified atom stereocenters. The molecule has 1 fully saturated rings. The first-order chi connectivity index (χ1) is 11.7. The van der Waals surface area contributed by atoms with Crippen LogP contribution in [-0.4, -0.2) is 38.7 Å². The predicted octanol–water partition coefficient (Wildman–Crippen LogP) is 3.10. The molecule has 140 valence electrons. The number of hydrogen-bond donors (Lipinski definition) is 2. The van der Waals surface area contributed by atoms with Crippen molar-refractivity contribution in [2.24, 2.45) is 4.99 Å². The molecule has 1 aliphatic rings. The lowest BCUT2D eigenvalue weighted by molar-refractivity contribution is 0.0597. The van der Waals surface area contributed by atoms with Gasteiger partial charge in [0.05, 0.1) is 20.8 Å². The predicted molar refractivity (Wildman–Crippen MR) is 110 cm³/mol. The minimum absolute atomic E-state index is 0. The van der Waals surface area contributed by atoms with Crippen LogP contribution in [-0.2, 0) is 11.3 Å². The Kier molecular flexibility index (Phi) is 9.62. The highest BCUT2D eigenvalue weighted by atomic mass is 127. The molecule has 0 bridgehead atoms. The summed E-state index contributed by atoms with van der Waals surface area (Å²) in [6.45, 7) is 3.35. The third kappa shape index (κ3) is 6.37. The van der Waals surface area contributed by atoms with Gasteiger partial charge >= 0.3 is 5.97 Å². The van der Waals surface area contributed by atoms with E-state index in [1.165, 1.54) is 39.9 Å². The summed E-state index contributed by atoms with van der Waals surface area (Å²) in [5, 5.41) is 6.75. The van der Waals surface area contributed by atoms with Crippen LogP contribution in [0.3, 0.4) is 0 Å². The molecule has 1 aromatic rings. The number of ether oxygens (including phenoxy) is 2. The first-order valence-electron chi connectivity index (χ1n) is 8.48. The molecule has 0 radical (unpaired) electrons. The van der Waals surface area contributed by atoms with Crippen molar-refractivity contribution in [2.45, 2.75) is 45.2 Å². The van der Waals surface area contributed by atoms with Gasteiger partial charge in [-0.15, -0.1) is 24.0 Å². The van der Waals surface area contributed by atoms with E-state index in [4.69, 9.17) is 9.47 Å². The van der Waals surface area contributed by atoms with Crippen LogP contribution < -0.4 is 15.4 Å². The van der Waals surface area contributed by atoms with E-state index < -0.39 is 5.97 Å². The Hall–Kier alpha value is -1.51. The maximum absolute atomic E-state index is 11.9. The zero-order valence-electron chi connectivity index (χ0n) is 15.1. The van der Waals surface area contributed by atoms with E-state index in [0.717, 1.165) is 18.1 Å². The summed E-state index contributed by atoms with van der Waals surface area (Å²) in [6, 6.07) is 5.96. The van der Waals surface area contributed by atoms with Gasteiger partial charge in [-0.1, -0.05) is 18.9 Å². The number of rotatable bonds is 6. The summed E-state index contributed by atoms with van der Waals surface area (Å²) in [5.74, 6) is 0.916. The minimum atomic E-state index is -0.409. The Bertz CT molecular complexity index is 587. The second kappa shape index (κ2) is 11.2. The number of carbonyl (C=O) groups is 1. The molecule has 0 saturated heterocycles. The van der Waals surface area contributed by atoms with E-state index in [-0.39, 0.29) is 24.0 Å². The fraction of sp³-hybridized carbons (Fsp3) is 0.556. The lowest BCUT2D eigenvalue weighted by Gasteiger charge is -2.16. The maximum atomic E-state index is 11.9. The van der Waals surface area contributed by atoms with Crippen LogP contribution in [0.4, 0.5) is 0 Å². The fourth-order valence-corrected chi connectivity index (χ4v) is 2.88. The summed E-state index contributed by atoms with van der Waals surface area (Å²) in [6.07, 6.45) is 4.94. The Morgan fingerprint density at radius 3 is 2.60 bits per heavy atom. The van der Waals surface area contributed by atoms with Gasteiger partial charge in [0.25, 0.3) is 0 Å². The van der Waals surface area contributed by atoms with E-state index >= 15 is 0 Å². The van der Waals surface area contributed by atoms with Crippen molar-refractivity contribution in [3.63, 3.8) is 0 Å². The molecule has 1 saturated carbocycles. The molecule has 25 heavy (non-hydrogen) atoms. The van der Waals surface area contributed by atoms with Crippen LogP contribution in [0.2, 0.25) is 0 Å². The average molecular weight is 461 g/mol. The van der Waals surface area contributed by atoms with Crippen molar-refractivity contribution in [3.05, 3.63) is 29.3 Å². The highest BCUT2D eigenvalue weighted by molar-refractivity contribution is 14.0. The molecule has 7 heteroatoms. The van der Waals surface area contributed by atoms with Crippen LogP contribution in [0.1, 0.15) is 48.5 Å². The Morgan fingerprint density at radius 1 is 1.28 bits per heavy atom. The van der Waals surface area contributed by atoms with Gasteiger partial charge in [0.2, 0.25) is 0 Å². The molecule has 2 N–H and O–H groups in total. The van der Waals surface area contributed by atoms with Crippen LogP contribution in [0.25, 0.3) is 0 Å². The van der Waals surface area contributed by atoms with E-state index in [9.17, 15) is 4.79 Å². The molecule has 1 aliphatic carbocycles. The van der Waals surface area contributed by atoms with Gasteiger partial charge in [0, 0.05) is 12.6 Å². The minimum Gasteiger partial charge on any atom is -0.496 e. The number of esters is 1. The smallest absolute Gasteiger partial charge is 0.341 e. The molecular weight excluding hydrogens is 433 g/mol. The van der Waals surface area contributed by atoms with Crippen molar-refractivity contribution in [1.82, 2.24) is 10.6 Å². The van der Waals surface area contributed by atoms with Gasteiger partial charge < -0.3 is 20.1 Å². The summed E-state index contributed by atoms with van der Waals surface area (Å²) in [7, 11) is 2.90.